The summed E-state index contributed by atoms with van der Waals surface area (Å²) in [6.45, 7) is 1.31. The van der Waals surface area contributed by atoms with Gasteiger partial charge in [-0.1, -0.05) is 78.9 Å². The number of aromatic nitrogens is 1. The first-order valence-electron chi connectivity index (χ1n) is 15.2. The molecule has 2 heterocycles. The minimum absolute atomic E-state index is 0.102. The number of hydrogen-bond donors (Lipinski definition) is 0. The van der Waals surface area contributed by atoms with Gasteiger partial charge in [0.15, 0.2) is 0 Å². The first kappa shape index (κ1) is 31.7. The van der Waals surface area contributed by atoms with Crippen LogP contribution in [0.2, 0.25) is 0 Å². The zero-order valence-corrected chi connectivity index (χ0v) is 24.9. The van der Waals surface area contributed by atoms with Crippen molar-refractivity contribution in [1.82, 2.24) is 14.8 Å². The zero-order valence-electron chi connectivity index (χ0n) is 24.9. The highest BCUT2D eigenvalue weighted by Gasteiger charge is 2.35. The van der Waals surface area contributed by atoms with Gasteiger partial charge in [-0.3, -0.25) is 14.6 Å². The predicted octanol–water partition coefficient (Wildman–Crippen LogP) is 7.24. The van der Waals surface area contributed by atoms with E-state index in [4.69, 9.17) is 0 Å². The molecule has 0 bridgehead atoms. The van der Waals surface area contributed by atoms with E-state index in [1.54, 1.807) is 18.3 Å². The molecule has 5 rings (SSSR count). The number of benzene rings is 3. The third kappa shape index (κ3) is 8.91. The molecule has 1 aliphatic heterocycles. The second-order valence-corrected chi connectivity index (χ2v) is 11.4. The lowest BCUT2D eigenvalue weighted by atomic mass is 9.89. The van der Waals surface area contributed by atoms with Crippen molar-refractivity contribution in [3.8, 4) is 0 Å². The summed E-state index contributed by atoms with van der Waals surface area (Å²) in [7, 11) is 0. The maximum atomic E-state index is 14.3. The fourth-order valence-corrected chi connectivity index (χ4v) is 5.74. The Bertz CT molecular complexity index is 1550. The molecule has 2 amide bonds. The number of piperidine rings is 1. The number of rotatable bonds is 10. The SMILES string of the molecule is O=C([C@H](Cc1ccccc1)N(Cc1ccccn1)C(=O)/C=C/c1ccc(C(F)(F)F)cc1)N1CCC(Cc2ccccc2)CC1. The van der Waals surface area contributed by atoms with Crippen LogP contribution in [-0.4, -0.2) is 45.7 Å². The summed E-state index contributed by atoms with van der Waals surface area (Å²) in [5.41, 5.74) is 2.52. The summed E-state index contributed by atoms with van der Waals surface area (Å²) < 4.78 is 39.1. The number of alkyl halides is 3. The molecule has 1 aliphatic rings. The molecular weight excluding hydrogens is 575 g/mol. The molecule has 0 unspecified atom stereocenters. The van der Waals surface area contributed by atoms with Crippen molar-refractivity contribution in [3.05, 3.63) is 143 Å². The summed E-state index contributed by atoms with van der Waals surface area (Å²) in [6.07, 6.45) is 3.03. The summed E-state index contributed by atoms with van der Waals surface area (Å²) >= 11 is 0. The van der Waals surface area contributed by atoms with Gasteiger partial charge >= 0.3 is 6.18 Å². The molecule has 0 radical (unpaired) electrons. The van der Waals surface area contributed by atoms with E-state index in [0.717, 1.165) is 37.0 Å². The van der Waals surface area contributed by atoms with Gasteiger partial charge in [0.05, 0.1) is 17.8 Å². The standard InChI is InChI=1S/C37H36F3N3O2/c38-37(39,40)32-17-14-28(15-18-32)16-19-35(44)43(27-33-13-7-8-22-41-33)34(26-30-11-5-2-6-12-30)36(45)42-23-20-31(21-24-42)25-29-9-3-1-4-10-29/h1-19,22,31,34H,20-21,23-27H2/b19-16+/t34-/m0/s1. The molecule has 232 valence electrons. The Morgan fingerprint density at radius 2 is 1.47 bits per heavy atom. The number of amides is 2. The van der Waals surface area contributed by atoms with Crippen molar-refractivity contribution in [1.29, 1.82) is 0 Å². The highest BCUT2D eigenvalue weighted by molar-refractivity contribution is 5.95. The molecule has 0 N–H and O–H groups in total. The van der Waals surface area contributed by atoms with Gasteiger partial charge < -0.3 is 9.80 Å². The van der Waals surface area contributed by atoms with Crippen molar-refractivity contribution < 1.29 is 22.8 Å². The van der Waals surface area contributed by atoms with E-state index in [1.165, 1.54) is 34.7 Å². The van der Waals surface area contributed by atoms with Crippen molar-refractivity contribution in [2.75, 3.05) is 13.1 Å². The number of halogens is 3. The largest absolute Gasteiger partial charge is 0.416 e. The lowest BCUT2D eigenvalue weighted by Gasteiger charge is -2.38. The fraction of sp³-hybridized carbons (Fsp3) is 0.270. The lowest BCUT2D eigenvalue weighted by molar-refractivity contribution is -0.145. The van der Waals surface area contributed by atoms with Crippen molar-refractivity contribution in [2.45, 2.75) is 44.4 Å². The fourth-order valence-electron chi connectivity index (χ4n) is 5.74. The molecule has 4 aromatic rings. The van der Waals surface area contributed by atoms with Crippen molar-refractivity contribution >= 4 is 17.9 Å². The second-order valence-electron chi connectivity index (χ2n) is 11.4. The van der Waals surface area contributed by atoms with Crippen LogP contribution in [0.25, 0.3) is 6.08 Å². The predicted molar refractivity (Wildman–Crippen MR) is 169 cm³/mol. The third-order valence-electron chi connectivity index (χ3n) is 8.22. The number of carbonyl (C=O) groups is 2. The van der Waals surface area contributed by atoms with Crippen LogP contribution in [0, 0.1) is 5.92 Å². The highest BCUT2D eigenvalue weighted by Crippen LogP contribution is 2.29. The Labute approximate surface area is 262 Å². The molecule has 1 aromatic heterocycles. The maximum absolute atomic E-state index is 14.3. The van der Waals surface area contributed by atoms with Crippen LogP contribution < -0.4 is 0 Å². The normalized spacial score (nSPS) is 14.8. The van der Waals surface area contributed by atoms with Gasteiger partial charge in [0.2, 0.25) is 11.8 Å². The molecule has 1 saturated heterocycles. The number of likely N-dealkylation sites (tertiary alicyclic amines) is 1. The zero-order chi connectivity index (χ0) is 31.6. The molecule has 8 heteroatoms. The number of carbonyl (C=O) groups excluding carboxylic acids is 2. The molecule has 3 aromatic carbocycles. The smallest absolute Gasteiger partial charge is 0.341 e. The van der Waals surface area contributed by atoms with E-state index in [9.17, 15) is 22.8 Å². The van der Waals surface area contributed by atoms with Crippen LogP contribution >= 0.6 is 0 Å². The number of pyridine rings is 1. The molecule has 1 atom stereocenters. The van der Waals surface area contributed by atoms with Gasteiger partial charge in [-0.2, -0.15) is 13.2 Å². The Balaban J connectivity index is 1.39. The van der Waals surface area contributed by atoms with E-state index < -0.39 is 23.7 Å². The average Bonchev–Trinajstić information content (AvgIpc) is 3.06. The van der Waals surface area contributed by atoms with Gasteiger partial charge in [-0.25, -0.2) is 0 Å². The van der Waals surface area contributed by atoms with Crippen LogP contribution in [0.5, 0.6) is 0 Å². The quantitative estimate of drug-likeness (QED) is 0.178. The first-order valence-corrected chi connectivity index (χ1v) is 15.2. The monoisotopic (exact) mass is 611 g/mol. The molecule has 0 saturated carbocycles. The number of nitrogens with zero attached hydrogens (tertiary/aromatic N) is 3. The molecular formula is C37H36F3N3O2. The van der Waals surface area contributed by atoms with Crippen molar-refractivity contribution in [3.63, 3.8) is 0 Å². The van der Waals surface area contributed by atoms with Gasteiger partial charge in [0.25, 0.3) is 0 Å². The molecule has 0 spiro atoms. The Morgan fingerprint density at radius 3 is 2.07 bits per heavy atom. The molecule has 45 heavy (non-hydrogen) atoms. The van der Waals surface area contributed by atoms with E-state index in [1.807, 2.05) is 59.5 Å². The third-order valence-corrected chi connectivity index (χ3v) is 8.22. The van der Waals surface area contributed by atoms with E-state index in [2.05, 4.69) is 17.1 Å². The van der Waals surface area contributed by atoms with Gasteiger partial charge in [0, 0.05) is 31.8 Å². The average molecular weight is 612 g/mol. The lowest BCUT2D eigenvalue weighted by Crippen LogP contribution is -2.53. The van der Waals surface area contributed by atoms with Crippen LogP contribution in [-0.2, 0) is 35.2 Å². The first-order chi connectivity index (χ1) is 21.8. The topological polar surface area (TPSA) is 53.5 Å². The maximum Gasteiger partial charge on any atom is 0.416 e. The number of hydrogen-bond acceptors (Lipinski definition) is 3. The van der Waals surface area contributed by atoms with Crippen LogP contribution in [0.1, 0.15) is 40.8 Å². The van der Waals surface area contributed by atoms with Crippen molar-refractivity contribution in [2.24, 2.45) is 5.92 Å². The van der Waals surface area contributed by atoms with Crippen LogP contribution in [0.15, 0.2) is 115 Å². The van der Waals surface area contributed by atoms with Gasteiger partial charge in [-0.15, -0.1) is 0 Å². The minimum Gasteiger partial charge on any atom is -0.341 e. The Morgan fingerprint density at radius 1 is 0.844 bits per heavy atom. The summed E-state index contributed by atoms with van der Waals surface area (Å²) in [5.74, 6) is -0.0695. The summed E-state index contributed by atoms with van der Waals surface area (Å²) in [5, 5.41) is 0. The van der Waals surface area contributed by atoms with Crippen LogP contribution in [0.3, 0.4) is 0 Å². The van der Waals surface area contributed by atoms with E-state index >= 15 is 0 Å². The minimum atomic E-state index is -4.45. The van der Waals surface area contributed by atoms with Crippen LogP contribution in [0.4, 0.5) is 13.2 Å². The van der Waals surface area contributed by atoms with E-state index in [0.29, 0.717) is 36.7 Å². The van der Waals surface area contributed by atoms with Gasteiger partial charge in [-0.05, 0) is 72.2 Å². The Hall–Kier alpha value is -4.72. The summed E-state index contributed by atoms with van der Waals surface area (Å²) in [6, 6.07) is 29.2. The molecule has 1 fully saturated rings. The summed E-state index contributed by atoms with van der Waals surface area (Å²) in [4.78, 5) is 36.0. The highest BCUT2D eigenvalue weighted by atomic mass is 19.4. The Kier molecular flexibility index (Phi) is 10.5. The molecule has 5 nitrogen and oxygen atoms in total. The van der Waals surface area contributed by atoms with E-state index in [-0.39, 0.29) is 12.5 Å². The molecule has 0 aliphatic carbocycles. The second kappa shape index (κ2) is 14.8. The van der Waals surface area contributed by atoms with Gasteiger partial charge in [0.1, 0.15) is 6.04 Å².